The predicted octanol–water partition coefficient (Wildman–Crippen LogP) is 2.17. The van der Waals surface area contributed by atoms with E-state index in [1.54, 1.807) is 14.0 Å². The zero-order valence-electron chi connectivity index (χ0n) is 18.9. The minimum Gasteiger partial charge on any atom is -0.495 e. The number of piperidine rings is 1. The lowest BCUT2D eigenvalue weighted by Gasteiger charge is -2.31. The number of carbonyl (C=O) groups is 2. The third kappa shape index (κ3) is 4.31. The number of likely N-dealkylation sites (tertiary alicyclic amines) is 1. The van der Waals surface area contributed by atoms with Crippen molar-refractivity contribution in [2.45, 2.75) is 34.1 Å². The Balaban J connectivity index is 1.98. The van der Waals surface area contributed by atoms with Crippen LogP contribution in [0.5, 0.6) is 5.75 Å². The minimum atomic E-state index is -0.395. The van der Waals surface area contributed by atoms with Crippen LogP contribution in [0.4, 0.5) is 5.69 Å². The molecule has 1 aromatic heterocycles. The summed E-state index contributed by atoms with van der Waals surface area (Å²) in [5.41, 5.74) is 2.64. The number of hydrogen-bond acceptors (Lipinski definition) is 4. The highest BCUT2D eigenvalue weighted by molar-refractivity contribution is 6.14. The van der Waals surface area contributed by atoms with Gasteiger partial charge in [-0.3, -0.25) is 4.79 Å². The number of hydrogen-bond donors (Lipinski definition) is 2. The summed E-state index contributed by atoms with van der Waals surface area (Å²) >= 11 is 0. The van der Waals surface area contributed by atoms with E-state index in [9.17, 15) is 9.59 Å². The number of amides is 1. The molecule has 7 nitrogen and oxygen atoms in total. The number of methoxy groups -OCH3 is 1. The van der Waals surface area contributed by atoms with E-state index in [1.807, 2.05) is 30.7 Å². The van der Waals surface area contributed by atoms with Gasteiger partial charge in [0.05, 0.1) is 43.6 Å². The molecule has 2 heterocycles. The van der Waals surface area contributed by atoms with Crippen LogP contribution in [-0.2, 0) is 16.6 Å². The number of ether oxygens (including phenoxy) is 2. The third-order valence-corrected chi connectivity index (χ3v) is 6.07. The number of fused-ring (bicyclic) bond motifs is 1. The zero-order chi connectivity index (χ0) is 22.0. The molecule has 2 N–H and O–H groups in total. The Labute approximate surface area is 178 Å². The van der Waals surface area contributed by atoms with Crippen LogP contribution in [0.2, 0.25) is 0 Å². The second-order valence-electron chi connectivity index (χ2n) is 8.61. The Bertz CT molecular complexity index is 940. The molecule has 1 amide bonds. The smallest absolute Gasteiger partial charge is 0.340 e. The number of quaternary nitrogens is 1. The maximum atomic E-state index is 13.0. The molecule has 1 aromatic carbocycles. The maximum Gasteiger partial charge on any atom is 0.340 e. The Hall–Kier alpha value is -2.54. The summed E-state index contributed by atoms with van der Waals surface area (Å²) in [5, 5.41) is 3.72. The molecule has 0 aliphatic carbocycles. The zero-order valence-corrected chi connectivity index (χ0v) is 18.9. The molecular weight excluding hydrogens is 382 g/mol. The van der Waals surface area contributed by atoms with E-state index in [0.717, 1.165) is 24.3 Å². The van der Waals surface area contributed by atoms with Crippen molar-refractivity contribution in [2.24, 2.45) is 18.9 Å². The van der Waals surface area contributed by atoms with E-state index in [-0.39, 0.29) is 12.5 Å². The molecule has 1 aliphatic heterocycles. The highest BCUT2D eigenvalue weighted by Crippen LogP contribution is 2.38. The average molecular weight is 417 g/mol. The first-order valence-corrected chi connectivity index (χ1v) is 10.7. The summed E-state index contributed by atoms with van der Waals surface area (Å²) in [5.74, 6) is 1.29. The predicted molar refractivity (Wildman–Crippen MR) is 117 cm³/mol. The molecule has 3 atom stereocenters. The van der Waals surface area contributed by atoms with Crippen molar-refractivity contribution in [3.63, 3.8) is 0 Å². The van der Waals surface area contributed by atoms with E-state index in [0.29, 0.717) is 40.8 Å². The quantitative estimate of drug-likeness (QED) is 0.708. The molecule has 3 rings (SSSR count). The monoisotopic (exact) mass is 416 g/mol. The van der Waals surface area contributed by atoms with Crippen molar-refractivity contribution in [2.75, 3.05) is 38.7 Å². The molecular formula is C23H34N3O4+. The molecule has 1 fully saturated rings. The van der Waals surface area contributed by atoms with Gasteiger partial charge in [0.25, 0.3) is 5.91 Å². The average Bonchev–Trinajstić information content (AvgIpc) is 2.92. The number of nitrogens with zero attached hydrogens (tertiary/aromatic N) is 1. The lowest BCUT2D eigenvalue weighted by atomic mass is 9.92. The number of anilines is 1. The van der Waals surface area contributed by atoms with Gasteiger partial charge in [-0.1, -0.05) is 13.8 Å². The summed E-state index contributed by atoms with van der Waals surface area (Å²) in [4.78, 5) is 27.0. The normalized spacial score (nSPS) is 21.5. The second-order valence-corrected chi connectivity index (χ2v) is 8.61. The number of carbonyl (C=O) groups excluding carboxylic acids is 2. The van der Waals surface area contributed by atoms with E-state index in [2.05, 4.69) is 19.2 Å². The van der Waals surface area contributed by atoms with Gasteiger partial charge in [0.2, 0.25) is 0 Å². The van der Waals surface area contributed by atoms with Gasteiger partial charge in [-0.05, 0) is 32.4 Å². The number of rotatable bonds is 6. The van der Waals surface area contributed by atoms with Gasteiger partial charge in [-0.2, -0.15) is 0 Å². The number of benzene rings is 1. The Kier molecular flexibility index (Phi) is 6.71. The SMILES string of the molecule is CCOC(=O)c1c(C)n(C)c2ccc(OC)c(NC(=O)C[NH+]3C[C@H](C)C[C@H](C)C3)c12. The molecule has 1 saturated heterocycles. The topological polar surface area (TPSA) is 74.0 Å². The van der Waals surface area contributed by atoms with Crippen LogP contribution in [-0.4, -0.2) is 49.8 Å². The fourth-order valence-corrected chi connectivity index (χ4v) is 4.86. The first-order chi connectivity index (χ1) is 14.3. The second kappa shape index (κ2) is 9.08. The molecule has 1 aliphatic rings. The lowest BCUT2D eigenvalue weighted by Crippen LogP contribution is -3.15. The van der Waals surface area contributed by atoms with Gasteiger partial charge in [0.15, 0.2) is 6.54 Å². The van der Waals surface area contributed by atoms with Crippen LogP contribution >= 0.6 is 0 Å². The van der Waals surface area contributed by atoms with Crippen LogP contribution in [0, 0.1) is 18.8 Å². The van der Waals surface area contributed by atoms with Gasteiger partial charge < -0.3 is 24.3 Å². The molecule has 30 heavy (non-hydrogen) atoms. The summed E-state index contributed by atoms with van der Waals surface area (Å²) in [7, 11) is 3.47. The Morgan fingerprint density at radius 1 is 1.23 bits per heavy atom. The van der Waals surface area contributed by atoms with Crippen molar-refractivity contribution in [1.82, 2.24) is 4.57 Å². The number of nitrogens with one attached hydrogen (secondary N) is 2. The fourth-order valence-electron chi connectivity index (χ4n) is 4.86. The van der Waals surface area contributed by atoms with Gasteiger partial charge in [0, 0.05) is 30.0 Å². The maximum absolute atomic E-state index is 13.0. The van der Waals surface area contributed by atoms with E-state index >= 15 is 0 Å². The summed E-state index contributed by atoms with van der Waals surface area (Å²) in [6, 6.07) is 3.73. The van der Waals surface area contributed by atoms with Crippen molar-refractivity contribution < 1.29 is 24.0 Å². The lowest BCUT2D eigenvalue weighted by molar-refractivity contribution is -0.904. The Morgan fingerprint density at radius 2 is 1.90 bits per heavy atom. The molecule has 0 spiro atoms. The van der Waals surface area contributed by atoms with Crippen LogP contribution in [0.3, 0.4) is 0 Å². The molecule has 0 saturated carbocycles. The van der Waals surface area contributed by atoms with E-state index < -0.39 is 5.97 Å². The standard InChI is InChI=1S/C23H33N3O4/c1-7-30-23(28)20-16(4)25(5)17-8-9-18(29-6)22(21(17)20)24-19(27)13-26-11-14(2)10-15(3)12-26/h8-9,14-15H,7,10-13H2,1-6H3,(H,24,27)/p+1/t14-,15+. The number of aromatic nitrogens is 1. The van der Waals surface area contributed by atoms with Gasteiger partial charge in [0.1, 0.15) is 5.75 Å². The minimum absolute atomic E-state index is 0.0755. The highest BCUT2D eigenvalue weighted by Gasteiger charge is 2.29. The molecule has 7 heteroatoms. The van der Waals surface area contributed by atoms with E-state index in [4.69, 9.17) is 9.47 Å². The van der Waals surface area contributed by atoms with Crippen molar-refractivity contribution in [3.8, 4) is 5.75 Å². The largest absolute Gasteiger partial charge is 0.495 e. The number of esters is 1. The van der Waals surface area contributed by atoms with Crippen LogP contribution in [0.1, 0.15) is 43.2 Å². The van der Waals surface area contributed by atoms with Crippen LogP contribution < -0.4 is 15.0 Å². The highest BCUT2D eigenvalue weighted by atomic mass is 16.5. The first kappa shape index (κ1) is 22.2. The van der Waals surface area contributed by atoms with E-state index in [1.165, 1.54) is 11.3 Å². The van der Waals surface area contributed by atoms with Crippen LogP contribution in [0.25, 0.3) is 10.9 Å². The summed E-state index contributed by atoms with van der Waals surface area (Å²) in [6.07, 6.45) is 1.21. The molecule has 164 valence electrons. The van der Waals surface area contributed by atoms with Crippen LogP contribution in [0.15, 0.2) is 12.1 Å². The fraction of sp³-hybridized carbons (Fsp3) is 0.565. The third-order valence-electron chi connectivity index (χ3n) is 6.07. The molecule has 0 radical (unpaired) electrons. The Morgan fingerprint density at radius 3 is 2.50 bits per heavy atom. The van der Waals surface area contributed by atoms with Gasteiger partial charge >= 0.3 is 5.97 Å². The first-order valence-electron chi connectivity index (χ1n) is 10.7. The molecule has 2 aromatic rings. The van der Waals surface area contributed by atoms with Gasteiger partial charge in [-0.25, -0.2) is 4.79 Å². The van der Waals surface area contributed by atoms with Crippen molar-refractivity contribution in [3.05, 3.63) is 23.4 Å². The molecule has 1 unspecified atom stereocenters. The van der Waals surface area contributed by atoms with Crippen molar-refractivity contribution >= 4 is 28.5 Å². The van der Waals surface area contributed by atoms with Crippen molar-refractivity contribution in [1.29, 1.82) is 0 Å². The summed E-state index contributed by atoms with van der Waals surface area (Å²) in [6.45, 7) is 10.8. The summed E-state index contributed by atoms with van der Waals surface area (Å²) < 4.78 is 12.8. The van der Waals surface area contributed by atoms with Gasteiger partial charge in [-0.15, -0.1) is 0 Å². The molecule has 0 bridgehead atoms. The number of aryl methyl sites for hydroxylation is 1.